The molecule has 0 bridgehead atoms. The van der Waals surface area contributed by atoms with Crippen LogP contribution in [-0.2, 0) is 0 Å². The zero-order valence-electron chi connectivity index (χ0n) is 34.4. The van der Waals surface area contributed by atoms with Crippen molar-refractivity contribution in [2.75, 3.05) is 0 Å². The van der Waals surface area contributed by atoms with Crippen LogP contribution in [0.2, 0.25) is 0 Å². The van der Waals surface area contributed by atoms with Gasteiger partial charge in [-0.2, -0.15) is 0 Å². The Labute approximate surface area is 368 Å². The van der Waals surface area contributed by atoms with E-state index >= 15 is 0 Å². The normalized spacial score (nSPS) is 11.4. The number of fused-ring (bicyclic) bond motifs is 4. The van der Waals surface area contributed by atoms with Crippen LogP contribution >= 0.6 is 0 Å². The van der Waals surface area contributed by atoms with E-state index < -0.39 is 0 Å². The number of benzene rings is 9. The first-order valence-electron chi connectivity index (χ1n) is 21.3. The maximum absolute atomic E-state index is 6.34. The molecule has 0 radical (unpaired) electrons. The molecule has 6 heteroatoms. The molecule has 3 heterocycles. The van der Waals surface area contributed by atoms with Gasteiger partial charge in [0.25, 0.3) is 0 Å². The summed E-state index contributed by atoms with van der Waals surface area (Å²) in [5.74, 6) is 2.40. The molecule has 0 aliphatic carbocycles. The molecule has 0 unspecified atom stereocenters. The van der Waals surface area contributed by atoms with E-state index in [1.165, 1.54) is 0 Å². The predicted molar refractivity (Wildman–Crippen MR) is 258 cm³/mol. The second kappa shape index (κ2) is 15.6. The van der Waals surface area contributed by atoms with Crippen LogP contribution in [0.15, 0.2) is 227 Å². The molecule has 9 aromatic carbocycles. The molecule has 0 saturated heterocycles. The van der Waals surface area contributed by atoms with Gasteiger partial charge in [0, 0.05) is 38.6 Å². The van der Waals surface area contributed by atoms with Gasteiger partial charge in [-0.3, -0.25) is 0 Å². The van der Waals surface area contributed by atoms with Crippen molar-refractivity contribution in [2.45, 2.75) is 0 Å². The first-order valence-corrected chi connectivity index (χ1v) is 21.3. The number of oxazole rings is 1. The summed E-state index contributed by atoms with van der Waals surface area (Å²) < 4.78 is 12.5. The van der Waals surface area contributed by atoms with E-state index in [0.29, 0.717) is 23.4 Å². The quantitative estimate of drug-likeness (QED) is 0.152. The largest absolute Gasteiger partial charge is 0.456 e. The van der Waals surface area contributed by atoms with Gasteiger partial charge in [-0.05, 0) is 93.5 Å². The number of hydrogen-bond donors (Lipinski definition) is 0. The molecule has 0 amide bonds. The molecule has 0 aliphatic heterocycles. The maximum atomic E-state index is 6.34. The molecular weight excluding hydrogens is 785 g/mol. The Balaban J connectivity index is 0.890. The van der Waals surface area contributed by atoms with Gasteiger partial charge in [0.2, 0.25) is 5.89 Å². The van der Waals surface area contributed by atoms with Gasteiger partial charge in [-0.25, -0.2) is 19.9 Å². The second-order valence-corrected chi connectivity index (χ2v) is 15.8. The number of nitrogens with zero attached hydrogens (tertiary/aromatic N) is 4. The van der Waals surface area contributed by atoms with Crippen LogP contribution in [0.5, 0.6) is 0 Å². The highest BCUT2D eigenvalue weighted by Crippen LogP contribution is 2.37. The smallest absolute Gasteiger partial charge is 0.227 e. The van der Waals surface area contributed by atoms with Crippen LogP contribution in [0, 0.1) is 0 Å². The fourth-order valence-corrected chi connectivity index (χ4v) is 8.51. The Morgan fingerprint density at radius 1 is 0.266 bits per heavy atom. The third kappa shape index (κ3) is 6.89. The van der Waals surface area contributed by atoms with Crippen LogP contribution in [0.4, 0.5) is 0 Å². The van der Waals surface area contributed by atoms with Crippen LogP contribution in [0.1, 0.15) is 0 Å². The molecule has 300 valence electrons. The first kappa shape index (κ1) is 37.1. The van der Waals surface area contributed by atoms with Crippen molar-refractivity contribution in [3.05, 3.63) is 218 Å². The maximum Gasteiger partial charge on any atom is 0.227 e. The predicted octanol–water partition coefficient (Wildman–Crippen LogP) is 15.2. The average molecular weight is 821 g/mol. The van der Waals surface area contributed by atoms with Crippen LogP contribution in [0.3, 0.4) is 0 Å². The van der Waals surface area contributed by atoms with Crippen LogP contribution in [-0.4, -0.2) is 19.9 Å². The summed E-state index contributed by atoms with van der Waals surface area (Å²) in [7, 11) is 0. The second-order valence-electron chi connectivity index (χ2n) is 15.8. The van der Waals surface area contributed by atoms with E-state index in [-0.39, 0.29) is 0 Å². The Kier molecular flexibility index (Phi) is 9.05. The lowest BCUT2D eigenvalue weighted by Gasteiger charge is -2.11. The summed E-state index contributed by atoms with van der Waals surface area (Å²) in [6.07, 6.45) is 0. The van der Waals surface area contributed by atoms with E-state index in [1.54, 1.807) is 0 Å². The molecule has 0 spiro atoms. The molecule has 0 fully saturated rings. The summed E-state index contributed by atoms with van der Waals surface area (Å²) in [5, 5.41) is 2.07. The van der Waals surface area contributed by atoms with Gasteiger partial charge >= 0.3 is 0 Å². The zero-order chi connectivity index (χ0) is 42.4. The molecule has 0 aliphatic rings. The minimum atomic E-state index is 0.589. The molecule has 12 aromatic rings. The van der Waals surface area contributed by atoms with E-state index in [0.717, 1.165) is 99.8 Å². The first-order chi connectivity index (χ1) is 31.7. The minimum Gasteiger partial charge on any atom is -0.456 e. The molecule has 0 N–H and O–H groups in total. The van der Waals surface area contributed by atoms with Crippen molar-refractivity contribution in [1.82, 2.24) is 19.9 Å². The number of rotatable bonds is 8. The fraction of sp³-hybridized carbons (Fsp3) is 0. The van der Waals surface area contributed by atoms with Crippen molar-refractivity contribution in [3.63, 3.8) is 0 Å². The van der Waals surface area contributed by atoms with Crippen LogP contribution < -0.4 is 0 Å². The summed E-state index contributed by atoms with van der Waals surface area (Å²) in [4.78, 5) is 20.1. The fourth-order valence-electron chi connectivity index (χ4n) is 8.51. The highest BCUT2D eigenvalue weighted by atomic mass is 16.3. The lowest BCUT2D eigenvalue weighted by atomic mass is 9.96. The van der Waals surface area contributed by atoms with E-state index in [4.69, 9.17) is 28.8 Å². The van der Waals surface area contributed by atoms with E-state index in [1.807, 2.05) is 78.9 Å². The summed E-state index contributed by atoms with van der Waals surface area (Å²) in [5.41, 5.74) is 15.7. The third-order valence-electron chi connectivity index (χ3n) is 11.8. The van der Waals surface area contributed by atoms with E-state index in [9.17, 15) is 0 Å². The lowest BCUT2D eigenvalue weighted by Crippen LogP contribution is -2.00. The van der Waals surface area contributed by atoms with Crippen molar-refractivity contribution >= 4 is 33.0 Å². The summed E-state index contributed by atoms with van der Waals surface area (Å²) in [6, 6.07) is 74.9. The molecule has 6 nitrogen and oxygen atoms in total. The Hall–Kier alpha value is -8.74. The van der Waals surface area contributed by atoms with Gasteiger partial charge in [0.1, 0.15) is 16.7 Å². The van der Waals surface area contributed by atoms with Crippen molar-refractivity contribution < 1.29 is 8.83 Å². The molecule has 0 saturated carbocycles. The summed E-state index contributed by atoms with van der Waals surface area (Å²) in [6.45, 7) is 0. The topological polar surface area (TPSA) is 77.8 Å². The van der Waals surface area contributed by atoms with Gasteiger partial charge < -0.3 is 8.83 Å². The number of para-hydroxylation sites is 2. The van der Waals surface area contributed by atoms with Crippen molar-refractivity contribution in [3.8, 4) is 90.1 Å². The number of furan rings is 1. The SMILES string of the molecule is c1ccc(-c2ccc(-c3nc(-c4cccc(-c5cccc(-c6ccc(-c7cccc8nc(-c9ccccc9)oc78)cc6)c5)c4)nc(-c4ccc5oc6ccccc6c5c4)n3)cc2)cc1. The van der Waals surface area contributed by atoms with Crippen molar-refractivity contribution in [2.24, 2.45) is 0 Å². The molecule has 3 aromatic heterocycles. The highest BCUT2D eigenvalue weighted by molar-refractivity contribution is 6.06. The molecule has 12 rings (SSSR count). The number of aromatic nitrogens is 4. The van der Waals surface area contributed by atoms with Crippen molar-refractivity contribution in [1.29, 1.82) is 0 Å². The highest BCUT2D eigenvalue weighted by Gasteiger charge is 2.17. The van der Waals surface area contributed by atoms with E-state index in [2.05, 4.69) is 140 Å². The van der Waals surface area contributed by atoms with Crippen LogP contribution in [0.25, 0.3) is 123 Å². The molecular formula is C58H36N4O2. The number of hydrogen-bond acceptors (Lipinski definition) is 6. The third-order valence-corrected chi connectivity index (χ3v) is 11.8. The zero-order valence-corrected chi connectivity index (χ0v) is 34.4. The van der Waals surface area contributed by atoms with Gasteiger partial charge in [0.15, 0.2) is 23.1 Å². The standard InChI is InChI=1S/C58H36N4O2/c1-3-12-37(13-4-1)38-26-30-41(31-27-38)55-60-56(62-57(61-55)47-32-33-53-50(36-47)49-20-7-8-23-52(49)63-53)46-19-10-18-45(35-46)44-17-9-16-43(34-44)39-24-28-40(29-25-39)48-21-11-22-51-54(48)64-58(59-51)42-14-5-2-6-15-42/h1-36H. The van der Waals surface area contributed by atoms with Gasteiger partial charge in [0.05, 0.1) is 0 Å². The Morgan fingerprint density at radius 2 is 0.734 bits per heavy atom. The molecule has 0 atom stereocenters. The monoisotopic (exact) mass is 820 g/mol. The summed E-state index contributed by atoms with van der Waals surface area (Å²) >= 11 is 0. The Bertz CT molecular complexity index is 3650. The average Bonchev–Trinajstić information content (AvgIpc) is 3.99. The minimum absolute atomic E-state index is 0.589. The van der Waals surface area contributed by atoms with Gasteiger partial charge in [-0.15, -0.1) is 0 Å². The van der Waals surface area contributed by atoms with Gasteiger partial charge in [-0.1, -0.05) is 164 Å². The molecule has 64 heavy (non-hydrogen) atoms. The Morgan fingerprint density at radius 3 is 1.45 bits per heavy atom. The lowest BCUT2D eigenvalue weighted by molar-refractivity contribution is 0.621.